The van der Waals surface area contributed by atoms with Crippen molar-refractivity contribution in [3.8, 4) is 0 Å². The minimum Gasteiger partial charge on any atom is -0.376 e. The van der Waals surface area contributed by atoms with Gasteiger partial charge in [-0.25, -0.2) is 4.98 Å². The topological polar surface area (TPSA) is 77.2 Å². The van der Waals surface area contributed by atoms with Gasteiger partial charge in [-0.3, -0.25) is 4.79 Å². The lowest BCUT2D eigenvalue weighted by molar-refractivity contribution is -0.00295. The van der Waals surface area contributed by atoms with E-state index in [2.05, 4.69) is 17.2 Å². The maximum absolute atomic E-state index is 11.9. The van der Waals surface area contributed by atoms with Crippen LogP contribution in [0.1, 0.15) is 48.1 Å². The fourth-order valence-corrected chi connectivity index (χ4v) is 3.44. The largest absolute Gasteiger partial charge is 0.376 e. The third kappa shape index (κ3) is 5.83. The number of amides is 1. The smallest absolute Gasteiger partial charge is 0.270 e. The molecule has 0 aromatic carbocycles. The molecule has 0 aliphatic heterocycles. The highest BCUT2D eigenvalue weighted by Gasteiger charge is 2.21. The summed E-state index contributed by atoms with van der Waals surface area (Å²) in [5, 5.41) is 5.55. The van der Waals surface area contributed by atoms with Gasteiger partial charge in [0.2, 0.25) is 0 Å². The molecule has 1 aromatic rings. The van der Waals surface area contributed by atoms with Crippen molar-refractivity contribution in [2.45, 2.75) is 45.1 Å². The quantitative estimate of drug-likeness (QED) is 0.742. The van der Waals surface area contributed by atoms with E-state index in [4.69, 9.17) is 10.5 Å². The first kappa shape index (κ1) is 19.4. The summed E-state index contributed by atoms with van der Waals surface area (Å²) in [6.45, 7) is 3.91. The van der Waals surface area contributed by atoms with Crippen LogP contribution in [0.25, 0.3) is 0 Å². The van der Waals surface area contributed by atoms with Crippen molar-refractivity contribution in [3.63, 3.8) is 0 Å². The summed E-state index contributed by atoms with van der Waals surface area (Å²) in [5.41, 5.74) is 5.96. The lowest BCUT2D eigenvalue weighted by Gasteiger charge is -2.28. The van der Waals surface area contributed by atoms with E-state index in [9.17, 15) is 4.79 Å². The molecule has 0 saturated heterocycles. The number of nitrogens with zero attached hydrogens (tertiary/aromatic N) is 1. The Morgan fingerprint density at radius 3 is 3.00 bits per heavy atom. The zero-order chi connectivity index (χ0) is 15.1. The van der Waals surface area contributed by atoms with Gasteiger partial charge in [0.05, 0.1) is 17.7 Å². The molecule has 2 atom stereocenters. The van der Waals surface area contributed by atoms with E-state index < -0.39 is 0 Å². The zero-order valence-electron chi connectivity index (χ0n) is 13.0. The average molecular weight is 348 g/mol. The highest BCUT2D eigenvalue weighted by Crippen LogP contribution is 2.25. The molecule has 1 aliphatic rings. The van der Waals surface area contributed by atoms with Crippen molar-refractivity contribution in [2.24, 2.45) is 11.7 Å². The number of hydrogen-bond donors (Lipinski definition) is 2. The van der Waals surface area contributed by atoms with Crippen LogP contribution in [0.15, 0.2) is 5.38 Å². The van der Waals surface area contributed by atoms with Crippen LogP contribution in [-0.2, 0) is 11.2 Å². The van der Waals surface area contributed by atoms with Crippen LogP contribution in [0.5, 0.6) is 0 Å². The van der Waals surface area contributed by atoms with Crippen LogP contribution in [-0.4, -0.2) is 36.7 Å². The molecule has 1 aromatic heterocycles. The normalized spacial score (nSPS) is 21.2. The number of hydrogen-bond acceptors (Lipinski definition) is 5. The van der Waals surface area contributed by atoms with Crippen LogP contribution in [0.3, 0.4) is 0 Å². The molecule has 3 N–H and O–H groups in total. The molecule has 1 saturated carbocycles. The Kier molecular flexibility index (Phi) is 8.93. The fourth-order valence-electron chi connectivity index (χ4n) is 2.65. The molecule has 1 aliphatic carbocycles. The van der Waals surface area contributed by atoms with Crippen LogP contribution >= 0.6 is 23.7 Å². The number of nitrogens with one attached hydrogen (secondary N) is 1. The first-order valence-electron chi connectivity index (χ1n) is 7.75. The maximum Gasteiger partial charge on any atom is 0.270 e. The van der Waals surface area contributed by atoms with Gasteiger partial charge in [-0.1, -0.05) is 19.8 Å². The SMILES string of the molecule is CC1CCCCC1OCCNC(=O)c1csc(CCN)n1.Cl. The summed E-state index contributed by atoms with van der Waals surface area (Å²) in [5.74, 6) is 0.502. The van der Waals surface area contributed by atoms with Gasteiger partial charge in [0, 0.05) is 18.3 Å². The second-order valence-electron chi connectivity index (χ2n) is 5.59. The first-order chi connectivity index (χ1) is 10.2. The number of carbonyl (C=O) groups is 1. The summed E-state index contributed by atoms with van der Waals surface area (Å²) in [7, 11) is 0. The lowest BCUT2D eigenvalue weighted by Crippen LogP contribution is -2.32. The molecule has 1 heterocycles. The highest BCUT2D eigenvalue weighted by atomic mass is 35.5. The maximum atomic E-state index is 11.9. The molecule has 1 fully saturated rings. The summed E-state index contributed by atoms with van der Waals surface area (Å²) in [6.07, 6.45) is 6.03. The lowest BCUT2D eigenvalue weighted by atomic mass is 9.88. The third-order valence-electron chi connectivity index (χ3n) is 3.89. The van der Waals surface area contributed by atoms with Crippen molar-refractivity contribution in [3.05, 3.63) is 16.1 Å². The highest BCUT2D eigenvalue weighted by molar-refractivity contribution is 7.09. The second-order valence-corrected chi connectivity index (χ2v) is 6.53. The van der Waals surface area contributed by atoms with Gasteiger partial charge in [0.25, 0.3) is 5.91 Å². The van der Waals surface area contributed by atoms with E-state index in [1.54, 1.807) is 5.38 Å². The Morgan fingerprint density at radius 1 is 1.50 bits per heavy atom. The summed E-state index contributed by atoms with van der Waals surface area (Å²) < 4.78 is 5.88. The van der Waals surface area contributed by atoms with Crippen molar-refractivity contribution in [2.75, 3.05) is 19.7 Å². The van der Waals surface area contributed by atoms with E-state index in [1.807, 2.05) is 0 Å². The summed E-state index contributed by atoms with van der Waals surface area (Å²) in [6, 6.07) is 0. The van der Waals surface area contributed by atoms with E-state index in [1.165, 1.54) is 30.6 Å². The monoisotopic (exact) mass is 347 g/mol. The average Bonchev–Trinajstić information content (AvgIpc) is 2.94. The molecule has 0 radical (unpaired) electrons. The Bertz CT molecular complexity index is 456. The standard InChI is InChI=1S/C15H25N3O2S.ClH/c1-11-4-2-3-5-13(11)20-9-8-17-15(19)12-10-21-14(18-12)6-7-16;/h10-11,13H,2-9,16H2,1H3,(H,17,19);1H. The molecule has 7 heteroatoms. The van der Waals surface area contributed by atoms with Crippen molar-refractivity contribution < 1.29 is 9.53 Å². The molecule has 0 bridgehead atoms. The first-order valence-corrected chi connectivity index (χ1v) is 8.63. The van der Waals surface area contributed by atoms with E-state index >= 15 is 0 Å². The van der Waals surface area contributed by atoms with Crippen LogP contribution in [0.4, 0.5) is 0 Å². The zero-order valence-corrected chi connectivity index (χ0v) is 14.7. The fraction of sp³-hybridized carbons (Fsp3) is 0.733. The number of aromatic nitrogens is 1. The van der Waals surface area contributed by atoms with Gasteiger partial charge in [-0.2, -0.15) is 0 Å². The Balaban J connectivity index is 0.00000242. The van der Waals surface area contributed by atoms with Gasteiger partial charge in [-0.15, -0.1) is 23.7 Å². The number of thiazole rings is 1. The molecule has 22 heavy (non-hydrogen) atoms. The number of nitrogens with two attached hydrogens (primary N) is 1. The molecule has 126 valence electrons. The van der Waals surface area contributed by atoms with Crippen molar-refractivity contribution >= 4 is 29.7 Å². The van der Waals surface area contributed by atoms with Crippen molar-refractivity contribution in [1.82, 2.24) is 10.3 Å². The third-order valence-corrected chi connectivity index (χ3v) is 4.80. The van der Waals surface area contributed by atoms with Gasteiger partial charge in [0.15, 0.2) is 0 Å². The summed E-state index contributed by atoms with van der Waals surface area (Å²) >= 11 is 1.48. The minimum absolute atomic E-state index is 0. The number of carbonyl (C=O) groups excluding carboxylic acids is 1. The number of rotatable bonds is 7. The van der Waals surface area contributed by atoms with Gasteiger partial charge >= 0.3 is 0 Å². The summed E-state index contributed by atoms with van der Waals surface area (Å²) in [4.78, 5) is 16.2. The molecule has 1 amide bonds. The Morgan fingerprint density at radius 2 is 2.27 bits per heavy atom. The molecule has 5 nitrogen and oxygen atoms in total. The van der Waals surface area contributed by atoms with E-state index in [-0.39, 0.29) is 18.3 Å². The number of halogens is 1. The Hall–Kier alpha value is -0.690. The second kappa shape index (κ2) is 10.2. The molecular formula is C15H26ClN3O2S. The molecule has 2 rings (SSSR count). The van der Waals surface area contributed by atoms with E-state index in [0.29, 0.717) is 37.4 Å². The van der Waals surface area contributed by atoms with Gasteiger partial charge in [0.1, 0.15) is 5.69 Å². The predicted molar refractivity (Wildman–Crippen MR) is 91.8 cm³/mol. The predicted octanol–water partition coefficient (Wildman–Crippen LogP) is 2.39. The molecule has 2 unspecified atom stereocenters. The Labute approximate surface area is 142 Å². The van der Waals surface area contributed by atoms with Crippen LogP contribution < -0.4 is 11.1 Å². The molecular weight excluding hydrogens is 322 g/mol. The van der Waals surface area contributed by atoms with Gasteiger partial charge in [-0.05, 0) is 25.3 Å². The number of ether oxygens (including phenoxy) is 1. The van der Waals surface area contributed by atoms with E-state index in [0.717, 1.165) is 17.8 Å². The van der Waals surface area contributed by atoms with Crippen LogP contribution in [0.2, 0.25) is 0 Å². The van der Waals surface area contributed by atoms with Gasteiger partial charge < -0.3 is 15.8 Å². The minimum atomic E-state index is -0.130. The van der Waals surface area contributed by atoms with Crippen molar-refractivity contribution in [1.29, 1.82) is 0 Å². The molecule has 0 spiro atoms. The van der Waals surface area contributed by atoms with Crippen LogP contribution in [0, 0.1) is 5.92 Å².